The van der Waals surface area contributed by atoms with E-state index in [0.29, 0.717) is 25.1 Å². The number of nitrogens with zero attached hydrogens (tertiary/aromatic N) is 2. The third kappa shape index (κ3) is 5.20. The van der Waals surface area contributed by atoms with E-state index < -0.39 is 11.7 Å². The van der Waals surface area contributed by atoms with Crippen LogP contribution in [0.4, 0.5) is 9.18 Å². The molecule has 23 heavy (non-hydrogen) atoms. The topological polar surface area (TPSA) is 41.9 Å². The maximum atomic E-state index is 14.0. The summed E-state index contributed by atoms with van der Waals surface area (Å²) in [5, 5.41) is 0. The number of halogens is 1. The number of aryl methyl sites for hydroxylation is 1. The van der Waals surface area contributed by atoms with Gasteiger partial charge in [-0.1, -0.05) is 18.2 Å². The van der Waals surface area contributed by atoms with Crippen molar-refractivity contribution in [3.8, 4) is 0 Å². The summed E-state index contributed by atoms with van der Waals surface area (Å²) >= 11 is 0. The van der Waals surface area contributed by atoms with Gasteiger partial charge in [0.25, 0.3) is 0 Å². The molecule has 1 heterocycles. The molecule has 2 rings (SSSR count). The van der Waals surface area contributed by atoms with Gasteiger partial charge in [-0.25, -0.2) is 9.18 Å². The second-order valence-corrected chi connectivity index (χ2v) is 6.68. The Bertz CT molecular complexity index is 645. The molecule has 4 nitrogen and oxygen atoms in total. The molecular weight excluding hydrogens is 295 g/mol. The Labute approximate surface area is 136 Å². The molecule has 0 aliphatic carbocycles. The van der Waals surface area contributed by atoms with E-state index in [1.807, 2.05) is 30.0 Å². The van der Waals surface area contributed by atoms with Gasteiger partial charge in [-0.2, -0.15) is 4.99 Å². The molecule has 0 saturated carbocycles. The van der Waals surface area contributed by atoms with E-state index in [4.69, 9.17) is 4.74 Å². The average molecular weight is 318 g/mol. The number of hydrogen-bond donors (Lipinski definition) is 0. The van der Waals surface area contributed by atoms with Crippen molar-refractivity contribution in [3.05, 3.63) is 41.2 Å². The molecule has 5 heteroatoms. The molecule has 1 aliphatic heterocycles. The van der Waals surface area contributed by atoms with Gasteiger partial charge in [-0.05, 0) is 51.3 Å². The van der Waals surface area contributed by atoms with Crippen LogP contribution < -0.4 is 0 Å². The second kappa shape index (κ2) is 6.94. The highest BCUT2D eigenvalue weighted by atomic mass is 19.1. The number of benzene rings is 1. The lowest BCUT2D eigenvalue weighted by atomic mass is 9.98. The molecule has 1 aromatic rings. The van der Waals surface area contributed by atoms with Gasteiger partial charge in [0, 0.05) is 18.7 Å². The lowest BCUT2D eigenvalue weighted by Crippen LogP contribution is -2.28. The number of hydrogen-bond acceptors (Lipinski definition) is 2. The summed E-state index contributed by atoms with van der Waals surface area (Å²) in [6, 6.07) is 5.28. The molecular formula is C18H23FN2O2. The van der Waals surface area contributed by atoms with Crippen molar-refractivity contribution in [2.45, 2.75) is 39.7 Å². The Morgan fingerprint density at radius 2 is 2.13 bits per heavy atom. The fourth-order valence-corrected chi connectivity index (χ4v) is 2.33. The summed E-state index contributed by atoms with van der Waals surface area (Å²) in [5.41, 5.74) is 2.00. The Morgan fingerprint density at radius 1 is 1.39 bits per heavy atom. The zero-order valence-corrected chi connectivity index (χ0v) is 14.1. The maximum Gasteiger partial charge on any atom is 0.435 e. The molecule has 0 bridgehead atoms. The van der Waals surface area contributed by atoms with Gasteiger partial charge in [-0.15, -0.1) is 0 Å². The first-order valence-corrected chi connectivity index (χ1v) is 7.71. The quantitative estimate of drug-likeness (QED) is 0.606. The van der Waals surface area contributed by atoms with Gasteiger partial charge in [0.15, 0.2) is 0 Å². The number of carbonyl (C=O) groups excluding carboxylic acids is 1. The van der Waals surface area contributed by atoms with Gasteiger partial charge < -0.3 is 9.64 Å². The number of ether oxygens (including phenoxy) is 1. The second-order valence-electron chi connectivity index (χ2n) is 6.68. The molecule has 1 aromatic carbocycles. The number of amides is 1. The molecule has 1 amide bonds. The van der Waals surface area contributed by atoms with Crippen LogP contribution in [0.25, 0.3) is 5.57 Å². The number of carbonyl (C=O) groups is 1. The van der Waals surface area contributed by atoms with Crippen molar-refractivity contribution in [2.24, 2.45) is 4.99 Å². The normalized spacial score (nSPS) is 15.7. The molecule has 0 saturated heterocycles. The van der Waals surface area contributed by atoms with Gasteiger partial charge in [-0.3, -0.25) is 0 Å². The van der Waals surface area contributed by atoms with E-state index in [-0.39, 0.29) is 5.82 Å². The first kappa shape index (κ1) is 17.2. The Hall–Kier alpha value is -2.17. The molecule has 0 unspecified atom stereocenters. The Kier molecular flexibility index (Phi) is 5.19. The van der Waals surface area contributed by atoms with Crippen molar-refractivity contribution < 1.29 is 13.9 Å². The predicted molar refractivity (Wildman–Crippen MR) is 90.0 cm³/mol. The summed E-state index contributed by atoms with van der Waals surface area (Å²) in [6.45, 7) is 8.54. The smallest absolute Gasteiger partial charge is 0.435 e. The van der Waals surface area contributed by atoms with Gasteiger partial charge in [0.2, 0.25) is 0 Å². The summed E-state index contributed by atoms with van der Waals surface area (Å²) in [5.74, 6) is -0.188. The van der Waals surface area contributed by atoms with Gasteiger partial charge >= 0.3 is 6.09 Å². The monoisotopic (exact) mass is 318 g/mol. The third-order valence-corrected chi connectivity index (χ3v) is 3.43. The lowest BCUT2D eigenvalue weighted by Gasteiger charge is -2.24. The molecule has 0 N–H and O–H groups in total. The van der Waals surface area contributed by atoms with Gasteiger partial charge in [0.05, 0.1) is 6.34 Å². The standard InChI is InChI=1S/C18H23FN2O2/c1-13-5-6-15(16(19)11-13)14-7-9-21(10-8-14)12-20-17(22)23-18(2,3)4/h5-7,11-12H,8-10H2,1-4H3. The number of rotatable bonds is 2. The van der Waals surface area contributed by atoms with Crippen LogP contribution >= 0.6 is 0 Å². The van der Waals surface area contributed by atoms with E-state index in [1.54, 1.807) is 26.8 Å². The van der Waals surface area contributed by atoms with Crippen LogP contribution in [0.2, 0.25) is 0 Å². The summed E-state index contributed by atoms with van der Waals surface area (Å²) in [6.07, 6.45) is 3.57. The molecule has 0 fully saturated rings. The van der Waals surface area contributed by atoms with E-state index in [2.05, 4.69) is 4.99 Å². The maximum absolute atomic E-state index is 14.0. The molecule has 1 aliphatic rings. The van der Waals surface area contributed by atoms with Crippen LogP contribution in [-0.4, -0.2) is 36.0 Å². The van der Waals surface area contributed by atoms with Crippen LogP contribution in [0.5, 0.6) is 0 Å². The summed E-state index contributed by atoms with van der Waals surface area (Å²) < 4.78 is 19.1. The van der Waals surface area contributed by atoms with Crippen LogP contribution in [0.1, 0.15) is 38.3 Å². The number of aliphatic imine (C=N–C) groups is 1. The molecule has 0 radical (unpaired) electrons. The van der Waals surface area contributed by atoms with Crippen molar-refractivity contribution in [1.29, 1.82) is 0 Å². The molecule has 0 spiro atoms. The average Bonchev–Trinajstić information content (AvgIpc) is 2.44. The van der Waals surface area contributed by atoms with Crippen LogP contribution in [0.15, 0.2) is 29.3 Å². The van der Waals surface area contributed by atoms with Crippen molar-refractivity contribution in [3.63, 3.8) is 0 Å². The third-order valence-electron chi connectivity index (χ3n) is 3.43. The largest absolute Gasteiger partial charge is 0.442 e. The first-order valence-electron chi connectivity index (χ1n) is 7.71. The van der Waals surface area contributed by atoms with E-state index in [9.17, 15) is 9.18 Å². The summed E-state index contributed by atoms with van der Waals surface area (Å²) in [4.78, 5) is 17.3. The fraction of sp³-hybridized carbons (Fsp3) is 0.444. The molecule has 0 aromatic heterocycles. The minimum absolute atomic E-state index is 0.188. The van der Waals surface area contributed by atoms with Gasteiger partial charge in [0.1, 0.15) is 11.4 Å². The van der Waals surface area contributed by atoms with Crippen molar-refractivity contribution >= 4 is 18.0 Å². The van der Waals surface area contributed by atoms with E-state index in [0.717, 1.165) is 11.1 Å². The minimum atomic E-state index is -0.600. The predicted octanol–water partition coefficient (Wildman–Crippen LogP) is 4.19. The zero-order chi connectivity index (χ0) is 17.0. The highest BCUT2D eigenvalue weighted by Gasteiger charge is 2.16. The Balaban J connectivity index is 1.97. The molecule has 0 atom stereocenters. The van der Waals surface area contributed by atoms with E-state index >= 15 is 0 Å². The SMILES string of the molecule is Cc1ccc(C2=CCN(C=NC(=O)OC(C)(C)C)CC2)c(F)c1. The van der Waals surface area contributed by atoms with Crippen molar-refractivity contribution in [2.75, 3.05) is 13.1 Å². The highest BCUT2D eigenvalue weighted by molar-refractivity contribution is 5.79. The van der Waals surface area contributed by atoms with Crippen molar-refractivity contribution in [1.82, 2.24) is 4.90 Å². The summed E-state index contributed by atoms with van der Waals surface area (Å²) in [7, 11) is 0. The van der Waals surface area contributed by atoms with Crippen LogP contribution in [0.3, 0.4) is 0 Å². The first-order chi connectivity index (χ1) is 10.7. The zero-order valence-electron chi connectivity index (χ0n) is 14.1. The Morgan fingerprint density at radius 3 is 2.70 bits per heavy atom. The minimum Gasteiger partial charge on any atom is -0.442 e. The van der Waals surface area contributed by atoms with Crippen LogP contribution in [0, 0.1) is 12.7 Å². The van der Waals surface area contributed by atoms with Crippen LogP contribution in [-0.2, 0) is 4.74 Å². The fourth-order valence-electron chi connectivity index (χ4n) is 2.33. The van der Waals surface area contributed by atoms with E-state index in [1.165, 1.54) is 6.34 Å². The molecule has 124 valence electrons. The highest BCUT2D eigenvalue weighted by Crippen LogP contribution is 2.25. The lowest BCUT2D eigenvalue weighted by molar-refractivity contribution is 0.0603.